The van der Waals surface area contributed by atoms with Crippen LogP contribution in [-0.4, -0.2) is 27.9 Å². The fourth-order valence-corrected chi connectivity index (χ4v) is 3.41. The van der Waals surface area contributed by atoms with Crippen molar-refractivity contribution in [3.05, 3.63) is 28.8 Å². The Labute approximate surface area is 156 Å². The lowest BCUT2D eigenvalue weighted by Crippen LogP contribution is -2.28. The van der Waals surface area contributed by atoms with Crippen LogP contribution in [0, 0.1) is 6.92 Å². The number of halogens is 1. The van der Waals surface area contributed by atoms with Crippen LogP contribution in [0.2, 0.25) is 5.02 Å². The van der Waals surface area contributed by atoms with Crippen LogP contribution >= 0.6 is 23.4 Å². The van der Waals surface area contributed by atoms with E-state index in [0.717, 1.165) is 24.1 Å². The summed E-state index contributed by atoms with van der Waals surface area (Å²) < 4.78 is 0. The van der Waals surface area contributed by atoms with Gasteiger partial charge in [0.25, 0.3) is 0 Å². The molecule has 1 fully saturated rings. The second-order valence-electron chi connectivity index (χ2n) is 5.80. The van der Waals surface area contributed by atoms with Crippen LogP contribution in [0.5, 0.6) is 0 Å². The summed E-state index contributed by atoms with van der Waals surface area (Å²) in [5.41, 5.74) is 2.46. The van der Waals surface area contributed by atoms with E-state index in [2.05, 4.69) is 27.8 Å². The number of benzene rings is 1. The van der Waals surface area contributed by atoms with Crippen molar-refractivity contribution in [3.8, 4) is 0 Å². The maximum absolute atomic E-state index is 12.2. The van der Waals surface area contributed by atoms with Crippen LogP contribution in [0.1, 0.15) is 38.7 Å². The van der Waals surface area contributed by atoms with Crippen molar-refractivity contribution >= 4 is 51.7 Å². The predicted molar refractivity (Wildman–Crippen MR) is 104 cm³/mol. The van der Waals surface area contributed by atoms with Gasteiger partial charge < -0.3 is 10.6 Å². The van der Waals surface area contributed by atoms with Crippen molar-refractivity contribution in [2.24, 2.45) is 10.2 Å². The first kappa shape index (κ1) is 19.5. The van der Waals surface area contributed by atoms with Crippen molar-refractivity contribution in [2.45, 2.75) is 45.3 Å². The summed E-state index contributed by atoms with van der Waals surface area (Å²) in [6.07, 6.45) is 1.92. The van der Waals surface area contributed by atoms with Crippen molar-refractivity contribution in [2.75, 3.05) is 5.32 Å². The lowest BCUT2D eigenvalue weighted by Gasteiger charge is -2.10. The summed E-state index contributed by atoms with van der Waals surface area (Å²) >= 11 is 7.13. The third-order valence-electron chi connectivity index (χ3n) is 3.53. The van der Waals surface area contributed by atoms with E-state index < -0.39 is 5.25 Å². The zero-order chi connectivity index (χ0) is 18.4. The summed E-state index contributed by atoms with van der Waals surface area (Å²) in [6.45, 7) is 5.82. The highest BCUT2D eigenvalue weighted by Gasteiger charge is 2.32. The number of anilines is 1. The molecule has 1 saturated heterocycles. The minimum Gasteiger partial charge on any atom is -0.326 e. The van der Waals surface area contributed by atoms with Crippen LogP contribution in [0.15, 0.2) is 28.4 Å². The van der Waals surface area contributed by atoms with Gasteiger partial charge in [-0.2, -0.15) is 5.10 Å². The van der Waals surface area contributed by atoms with E-state index in [9.17, 15) is 9.59 Å². The molecule has 0 aromatic heterocycles. The summed E-state index contributed by atoms with van der Waals surface area (Å²) in [6, 6.07) is 5.23. The number of carbonyl (C=O) groups excluding carboxylic acids is 2. The van der Waals surface area contributed by atoms with Gasteiger partial charge in [-0.15, -0.1) is 5.10 Å². The van der Waals surface area contributed by atoms with E-state index in [0.29, 0.717) is 15.9 Å². The number of nitrogens with one attached hydrogen (secondary N) is 2. The number of hydrogen-bond acceptors (Lipinski definition) is 5. The van der Waals surface area contributed by atoms with Crippen molar-refractivity contribution in [1.29, 1.82) is 0 Å². The highest BCUT2D eigenvalue weighted by molar-refractivity contribution is 8.15. The molecule has 1 aromatic rings. The summed E-state index contributed by atoms with van der Waals surface area (Å²) in [7, 11) is 0. The second kappa shape index (κ2) is 9.01. The smallest absolute Gasteiger partial charge is 0.240 e. The van der Waals surface area contributed by atoms with Gasteiger partial charge in [0.2, 0.25) is 11.8 Å². The van der Waals surface area contributed by atoms with Gasteiger partial charge in [0.1, 0.15) is 5.25 Å². The van der Waals surface area contributed by atoms with Gasteiger partial charge in [-0.1, -0.05) is 36.7 Å². The first-order valence-corrected chi connectivity index (χ1v) is 9.29. The predicted octanol–water partition coefficient (Wildman–Crippen LogP) is 3.74. The maximum Gasteiger partial charge on any atom is 0.240 e. The van der Waals surface area contributed by atoms with Crippen molar-refractivity contribution < 1.29 is 9.59 Å². The van der Waals surface area contributed by atoms with Crippen LogP contribution < -0.4 is 10.6 Å². The highest BCUT2D eigenvalue weighted by atomic mass is 35.5. The third-order valence-corrected chi connectivity index (χ3v) is 4.84. The second-order valence-corrected chi connectivity index (χ2v) is 7.43. The molecular formula is C17H21ClN4O2S. The average Bonchev–Trinajstić information content (AvgIpc) is 2.88. The maximum atomic E-state index is 12.2. The molecular weight excluding hydrogens is 360 g/mol. The molecule has 25 heavy (non-hydrogen) atoms. The Morgan fingerprint density at radius 1 is 1.44 bits per heavy atom. The zero-order valence-corrected chi connectivity index (χ0v) is 16.0. The van der Waals surface area contributed by atoms with E-state index in [1.807, 2.05) is 13.8 Å². The Balaban J connectivity index is 1.94. The molecule has 1 atom stereocenters. The summed E-state index contributed by atoms with van der Waals surface area (Å²) in [5.74, 6) is -0.458. The molecule has 0 spiro atoms. The number of rotatable bonds is 6. The highest BCUT2D eigenvalue weighted by Crippen LogP contribution is 2.24. The number of aryl methyl sites for hydroxylation is 1. The van der Waals surface area contributed by atoms with E-state index >= 15 is 0 Å². The molecule has 1 heterocycles. The molecule has 2 rings (SSSR count). The van der Waals surface area contributed by atoms with Gasteiger partial charge in [-0.25, -0.2) is 0 Å². The van der Waals surface area contributed by atoms with Crippen LogP contribution in [0.3, 0.4) is 0 Å². The first-order chi connectivity index (χ1) is 11.9. The lowest BCUT2D eigenvalue weighted by molar-refractivity contribution is -0.122. The molecule has 1 aromatic carbocycles. The Morgan fingerprint density at radius 3 is 2.88 bits per heavy atom. The fourth-order valence-electron chi connectivity index (χ4n) is 2.27. The number of amides is 2. The molecule has 8 heteroatoms. The van der Waals surface area contributed by atoms with Gasteiger partial charge in [-0.3, -0.25) is 9.59 Å². The summed E-state index contributed by atoms with van der Waals surface area (Å²) in [4.78, 5) is 24.2. The van der Waals surface area contributed by atoms with Gasteiger partial charge in [0.05, 0.1) is 0 Å². The zero-order valence-electron chi connectivity index (χ0n) is 14.4. The molecule has 134 valence electrons. The first-order valence-electron chi connectivity index (χ1n) is 8.03. The molecule has 0 saturated carbocycles. The molecule has 0 radical (unpaired) electrons. The average molecular weight is 381 g/mol. The topological polar surface area (TPSA) is 82.9 Å². The van der Waals surface area contributed by atoms with Crippen LogP contribution in [0.25, 0.3) is 0 Å². The molecule has 1 aliphatic heterocycles. The largest absolute Gasteiger partial charge is 0.326 e. The summed E-state index contributed by atoms with van der Waals surface area (Å²) in [5, 5.41) is 14.1. The van der Waals surface area contributed by atoms with Crippen molar-refractivity contribution in [3.63, 3.8) is 0 Å². The molecule has 1 aliphatic rings. The molecule has 2 amide bonds. The Hall–Kier alpha value is -1.86. The SMILES string of the molecule is CCCC(C)=N/N=C1/NC(=O)C(CC(=O)Nc2ccc(Cl)cc2C)S1. The Bertz CT molecular complexity index is 733. The Kier molecular flexibility index (Phi) is 7.01. The van der Waals surface area contributed by atoms with Gasteiger partial charge in [0, 0.05) is 22.8 Å². The monoisotopic (exact) mass is 380 g/mol. The van der Waals surface area contributed by atoms with E-state index in [-0.39, 0.29) is 18.2 Å². The number of thioether (sulfide) groups is 1. The lowest BCUT2D eigenvalue weighted by atomic mass is 10.2. The minimum absolute atomic E-state index is 0.0647. The van der Waals surface area contributed by atoms with Crippen molar-refractivity contribution in [1.82, 2.24) is 5.32 Å². The molecule has 6 nitrogen and oxygen atoms in total. The van der Waals surface area contributed by atoms with E-state index in [4.69, 9.17) is 11.6 Å². The van der Waals surface area contributed by atoms with E-state index in [1.54, 1.807) is 18.2 Å². The van der Waals surface area contributed by atoms with Crippen LogP contribution in [0.4, 0.5) is 5.69 Å². The minimum atomic E-state index is -0.506. The standard InChI is InChI=1S/C17H21ClN4O2S/c1-4-5-11(3)21-22-17-20-16(24)14(25-17)9-15(23)19-13-7-6-12(18)8-10(13)2/h6-8,14H,4-5,9H2,1-3H3,(H,19,23)(H,20,22,24). The Morgan fingerprint density at radius 2 is 2.20 bits per heavy atom. The molecule has 2 N–H and O–H groups in total. The van der Waals surface area contributed by atoms with Crippen LogP contribution in [-0.2, 0) is 9.59 Å². The third kappa shape index (κ3) is 5.86. The normalized spacial score (nSPS) is 19.2. The quantitative estimate of drug-likeness (QED) is 0.582. The van der Waals surface area contributed by atoms with Gasteiger partial charge >= 0.3 is 0 Å². The molecule has 0 bridgehead atoms. The van der Waals surface area contributed by atoms with Gasteiger partial charge in [-0.05, 0) is 44.0 Å². The molecule has 0 aliphatic carbocycles. The number of carbonyl (C=O) groups is 2. The van der Waals surface area contributed by atoms with E-state index in [1.165, 1.54) is 11.8 Å². The fraction of sp³-hybridized carbons (Fsp3) is 0.412. The molecule has 1 unspecified atom stereocenters. The number of nitrogens with zero attached hydrogens (tertiary/aromatic N) is 2. The van der Waals surface area contributed by atoms with Gasteiger partial charge in [0.15, 0.2) is 5.17 Å². The number of hydrogen-bond donors (Lipinski definition) is 2. The number of amidine groups is 1.